The Morgan fingerprint density at radius 2 is 1.34 bits per heavy atom. The molecule has 7 nitrogen and oxygen atoms in total. The lowest BCUT2D eigenvalue weighted by Crippen LogP contribution is -2.24. The van der Waals surface area contributed by atoms with Gasteiger partial charge in [0.1, 0.15) is 49.8 Å². The van der Waals surface area contributed by atoms with Crippen LogP contribution in [0.15, 0.2) is 48.5 Å². The Bertz CT molecular complexity index is 826. The minimum absolute atomic E-state index is 0.142. The molecule has 174 valence electrons. The summed E-state index contributed by atoms with van der Waals surface area (Å²) in [4.78, 5) is 0. The van der Waals surface area contributed by atoms with E-state index < -0.39 is 6.10 Å². The molecule has 2 aliphatic rings. The highest BCUT2D eigenvalue weighted by molar-refractivity contribution is 5.41. The molecule has 0 spiro atoms. The van der Waals surface area contributed by atoms with Crippen molar-refractivity contribution in [2.24, 2.45) is 0 Å². The van der Waals surface area contributed by atoms with Gasteiger partial charge in [-0.2, -0.15) is 0 Å². The fraction of sp³-hybridized carbons (Fsp3) is 0.520. The molecule has 3 atom stereocenters. The predicted octanol–water partition coefficient (Wildman–Crippen LogP) is 2.92. The summed E-state index contributed by atoms with van der Waals surface area (Å²) in [7, 11) is 0. The van der Waals surface area contributed by atoms with Gasteiger partial charge in [-0.1, -0.05) is 38.1 Å². The Morgan fingerprint density at radius 1 is 0.812 bits per heavy atom. The van der Waals surface area contributed by atoms with Crippen LogP contribution in [0.2, 0.25) is 0 Å². The van der Waals surface area contributed by atoms with Crippen molar-refractivity contribution in [3.8, 4) is 11.5 Å². The maximum absolute atomic E-state index is 10.0. The summed E-state index contributed by atoms with van der Waals surface area (Å²) in [5.41, 5.74) is 2.20. The molecular formula is C25H32O7. The van der Waals surface area contributed by atoms with Gasteiger partial charge in [0.2, 0.25) is 0 Å². The summed E-state index contributed by atoms with van der Waals surface area (Å²) in [6, 6.07) is 16.2. The van der Waals surface area contributed by atoms with Gasteiger partial charge >= 0.3 is 0 Å². The molecular weight excluding hydrogens is 412 g/mol. The zero-order valence-corrected chi connectivity index (χ0v) is 18.7. The summed E-state index contributed by atoms with van der Waals surface area (Å²) < 4.78 is 32.2. The van der Waals surface area contributed by atoms with E-state index in [2.05, 4.69) is 38.1 Å². The third-order valence-corrected chi connectivity index (χ3v) is 5.62. The first kappa shape index (κ1) is 23.0. The minimum Gasteiger partial charge on any atom is -0.491 e. The molecule has 0 radical (unpaired) electrons. The molecule has 0 bridgehead atoms. The van der Waals surface area contributed by atoms with Gasteiger partial charge in [0.25, 0.3) is 0 Å². The van der Waals surface area contributed by atoms with Crippen LogP contribution in [0.25, 0.3) is 0 Å². The van der Waals surface area contributed by atoms with Crippen LogP contribution in [0, 0.1) is 0 Å². The van der Waals surface area contributed by atoms with Gasteiger partial charge in [0, 0.05) is 5.41 Å². The van der Waals surface area contributed by atoms with Gasteiger partial charge < -0.3 is 33.5 Å². The predicted molar refractivity (Wildman–Crippen MR) is 118 cm³/mol. The van der Waals surface area contributed by atoms with E-state index >= 15 is 0 Å². The van der Waals surface area contributed by atoms with Crippen molar-refractivity contribution in [3.63, 3.8) is 0 Å². The van der Waals surface area contributed by atoms with Crippen molar-refractivity contribution in [2.45, 2.75) is 37.6 Å². The van der Waals surface area contributed by atoms with E-state index in [1.165, 1.54) is 11.1 Å². The number of ether oxygens (including phenoxy) is 6. The number of epoxide rings is 2. The standard InChI is InChI=1S/C25H32O7/c1-25(2,19-5-9-22(10-6-19)30-15-24-16-32-24)18-3-7-21(8-4-18)29-12-20(26)11-27-17-28-13-23-14-31-23/h3-10,20,23-24,26H,11-17H2,1-2H3. The topological polar surface area (TPSA) is 82.2 Å². The number of rotatable bonds is 14. The van der Waals surface area contributed by atoms with Crippen LogP contribution in [0.4, 0.5) is 0 Å². The van der Waals surface area contributed by atoms with Crippen molar-refractivity contribution >= 4 is 0 Å². The zero-order chi connectivity index (χ0) is 22.4. The van der Waals surface area contributed by atoms with Gasteiger partial charge in [0.15, 0.2) is 0 Å². The third-order valence-electron chi connectivity index (χ3n) is 5.62. The van der Waals surface area contributed by atoms with E-state index in [1.807, 2.05) is 24.3 Å². The van der Waals surface area contributed by atoms with Gasteiger partial charge in [0.05, 0.1) is 26.4 Å². The van der Waals surface area contributed by atoms with Crippen molar-refractivity contribution in [2.75, 3.05) is 46.4 Å². The SMILES string of the molecule is CC(C)(c1ccc(OCC(O)COCOCC2CO2)cc1)c1ccc(OCC2CO2)cc1. The van der Waals surface area contributed by atoms with Crippen LogP contribution < -0.4 is 9.47 Å². The largest absolute Gasteiger partial charge is 0.491 e. The molecule has 32 heavy (non-hydrogen) atoms. The van der Waals surface area contributed by atoms with Crippen molar-refractivity contribution < 1.29 is 33.5 Å². The molecule has 2 saturated heterocycles. The first-order chi connectivity index (χ1) is 15.5. The Kier molecular flexibility index (Phi) is 7.65. The van der Waals surface area contributed by atoms with Crippen LogP contribution >= 0.6 is 0 Å². The molecule has 3 unspecified atom stereocenters. The molecule has 1 N–H and O–H groups in total. The summed E-state index contributed by atoms with van der Waals surface area (Å²) in [6.45, 7) is 7.52. The number of benzene rings is 2. The third kappa shape index (κ3) is 6.92. The van der Waals surface area contributed by atoms with Crippen LogP contribution in [0.3, 0.4) is 0 Å². The van der Waals surface area contributed by atoms with E-state index in [1.54, 1.807) is 0 Å². The van der Waals surface area contributed by atoms with Gasteiger partial charge in [-0.25, -0.2) is 0 Å². The number of hydrogen-bond donors (Lipinski definition) is 1. The lowest BCUT2D eigenvalue weighted by Gasteiger charge is -2.26. The molecule has 2 aliphatic heterocycles. The zero-order valence-electron chi connectivity index (χ0n) is 18.7. The molecule has 2 heterocycles. The quantitative estimate of drug-likeness (QED) is 0.273. The average molecular weight is 445 g/mol. The van der Waals surface area contributed by atoms with Crippen LogP contribution in [0.1, 0.15) is 25.0 Å². The fourth-order valence-corrected chi connectivity index (χ4v) is 3.28. The van der Waals surface area contributed by atoms with Crippen LogP contribution in [0.5, 0.6) is 11.5 Å². The van der Waals surface area contributed by atoms with Crippen molar-refractivity contribution in [1.82, 2.24) is 0 Å². The monoisotopic (exact) mass is 444 g/mol. The summed E-state index contributed by atoms with van der Waals surface area (Å²) in [6.07, 6.45) is -0.262. The lowest BCUT2D eigenvalue weighted by atomic mass is 9.78. The van der Waals surface area contributed by atoms with Crippen LogP contribution in [-0.2, 0) is 24.4 Å². The second kappa shape index (κ2) is 10.6. The highest BCUT2D eigenvalue weighted by atomic mass is 16.7. The molecule has 0 saturated carbocycles. The smallest absolute Gasteiger partial charge is 0.146 e. The number of aliphatic hydroxyl groups excluding tert-OH is 1. The van der Waals surface area contributed by atoms with E-state index in [0.717, 1.165) is 19.0 Å². The highest BCUT2D eigenvalue weighted by Crippen LogP contribution is 2.33. The summed E-state index contributed by atoms with van der Waals surface area (Å²) in [5, 5.41) is 10.0. The Morgan fingerprint density at radius 3 is 1.91 bits per heavy atom. The Hall–Kier alpha value is -2.16. The van der Waals surface area contributed by atoms with Gasteiger partial charge in [-0.3, -0.25) is 0 Å². The molecule has 4 rings (SSSR count). The molecule has 2 aromatic carbocycles. The lowest BCUT2D eigenvalue weighted by molar-refractivity contribution is -0.0865. The van der Waals surface area contributed by atoms with Crippen molar-refractivity contribution in [1.29, 1.82) is 0 Å². The maximum atomic E-state index is 10.0. The first-order valence-corrected chi connectivity index (χ1v) is 11.0. The van der Waals surface area contributed by atoms with E-state index in [-0.39, 0.29) is 37.6 Å². The highest BCUT2D eigenvalue weighted by Gasteiger charge is 2.25. The summed E-state index contributed by atoms with van der Waals surface area (Å²) in [5.74, 6) is 1.56. The van der Waals surface area contributed by atoms with E-state index in [9.17, 15) is 5.11 Å². The molecule has 7 heteroatoms. The molecule has 0 aliphatic carbocycles. The van der Waals surface area contributed by atoms with Gasteiger partial charge in [-0.15, -0.1) is 0 Å². The number of hydrogen-bond acceptors (Lipinski definition) is 7. The van der Waals surface area contributed by atoms with Crippen LogP contribution in [-0.4, -0.2) is 69.9 Å². The molecule has 0 aromatic heterocycles. The Balaban J connectivity index is 1.21. The number of aliphatic hydroxyl groups is 1. The van der Waals surface area contributed by atoms with Crippen molar-refractivity contribution in [3.05, 3.63) is 59.7 Å². The fourth-order valence-electron chi connectivity index (χ4n) is 3.28. The molecule has 0 amide bonds. The second-order valence-electron chi connectivity index (χ2n) is 8.72. The van der Waals surface area contributed by atoms with Gasteiger partial charge in [-0.05, 0) is 35.4 Å². The Labute approximate surface area is 189 Å². The molecule has 2 aromatic rings. The van der Waals surface area contributed by atoms with E-state index in [4.69, 9.17) is 28.4 Å². The summed E-state index contributed by atoms with van der Waals surface area (Å²) >= 11 is 0. The normalized spacial score (nSPS) is 20.6. The average Bonchev–Trinajstić information content (AvgIpc) is 3.72. The van der Waals surface area contributed by atoms with E-state index in [0.29, 0.717) is 19.0 Å². The maximum Gasteiger partial charge on any atom is 0.146 e. The second-order valence-corrected chi connectivity index (χ2v) is 8.72. The minimum atomic E-state index is -0.723. The molecule has 2 fully saturated rings. The first-order valence-electron chi connectivity index (χ1n) is 11.0.